The summed E-state index contributed by atoms with van der Waals surface area (Å²) in [6, 6.07) is 4.25. The Bertz CT molecular complexity index is 592. The van der Waals surface area contributed by atoms with E-state index in [0.29, 0.717) is 5.02 Å². The van der Waals surface area contributed by atoms with Crippen LogP contribution in [-0.4, -0.2) is 21.3 Å². The van der Waals surface area contributed by atoms with Gasteiger partial charge in [-0.25, -0.2) is 0 Å². The largest absolute Gasteiger partial charge is 0.304 e. The molecule has 0 aromatic carbocycles. The van der Waals surface area contributed by atoms with E-state index < -0.39 is 0 Å². The van der Waals surface area contributed by atoms with Gasteiger partial charge in [0.05, 0.1) is 28.6 Å². The molecule has 0 aliphatic carbocycles. The molecular weight excluding hydrogens is 284 g/mol. The van der Waals surface area contributed by atoms with Crippen LogP contribution in [0, 0.1) is 6.92 Å². The van der Waals surface area contributed by atoms with E-state index >= 15 is 0 Å². The summed E-state index contributed by atoms with van der Waals surface area (Å²) in [5, 5.41) is 8.66. The minimum atomic E-state index is -0.0384. The molecule has 1 unspecified atom stereocenters. The number of aromatic nitrogens is 3. The molecule has 1 N–H and O–H groups in total. The smallest absolute Gasteiger partial charge is 0.0939 e. The molecule has 4 nitrogen and oxygen atoms in total. The van der Waals surface area contributed by atoms with E-state index in [0.717, 1.165) is 29.9 Å². The molecule has 0 amide bonds. The SMILES string of the molecule is CCCNC(c1ncccc1C)c1c(Cl)cnn1C(C)C. The third-order valence-electron chi connectivity index (χ3n) is 3.47. The molecule has 0 saturated heterocycles. The van der Waals surface area contributed by atoms with E-state index in [1.165, 1.54) is 0 Å². The normalized spacial score (nSPS) is 12.9. The molecule has 0 bridgehead atoms. The zero-order valence-electron chi connectivity index (χ0n) is 13.1. The standard InChI is InChI=1S/C16H23ClN4/c1-5-8-18-15(14-12(4)7-6-9-19-14)16-13(17)10-20-21(16)11(2)3/h6-7,9-11,15,18H,5,8H2,1-4H3. The van der Waals surface area contributed by atoms with Crippen LogP contribution in [-0.2, 0) is 0 Å². The summed E-state index contributed by atoms with van der Waals surface area (Å²) in [4.78, 5) is 4.57. The summed E-state index contributed by atoms with van der Waals surface area (Å²) in [7, 11) is 0. The summed E-state index contributed by atoms with van der Waals surface area (Å²) >= 11 is 6.41. The van der Waals surface area contributed by atoms with Crippen LogP contribution < -0.4 is 5.32 Å². The first-order valence-electron chi connectivity index (χ1n) is 7.44. The fourth-order valence-corrected chi connectivity index (χ4v) is 2.68. The lowest BCUT2D eigenvalue weighted by Gasteiger charge is -2.23. The molecule has 2 rings (SSSR count). The molecule has 21 heavy (non-hydrogen) atoms. The summed E-state index contributed by atoms with van der Waals surface area (Å²) in [5.74, 6) is 0. The van der Waals surface area contributed by atoms with Crippen LogP contribution in [0.2, 0.25) is 5.02 Å². The van der Waals surface area contributed by atoms with Gasteiger partial charge in [-0.3, -0.25) is 9.67 Å². The monoisotopic (exact) mass is 306 g/mol. The van der Waals surface area contributed by atoms with Gasteiger partial charge in [-0.05, 0) is 45.4 Å². The van der Waals surface area contributed by atoms with Gasteiger partial charge in [0.1, 0.15) is 0 Å². The van der Waals surface area contributed by atoms with Crippen LogP contribution in [0.25, 0.3) is 0 Å². The molecular formula is C16H23ClN4. The maximum absolute atomic E-state index is 6.41. The second kappa shape index (κ2) is 7.05. The number of nitrogens with one attached hydrogen (secondary N) is 1. The first kappa shape index (κ1) is 16.0. The molecule has 0 saturated carbocycles. The summed E-state index contributed by atoms with van der Waals surface area (Å²) in [6.45, 7) is 9.34. The van der Waals surface area contributed by atoms with Crippen molar-refractivity contribution in [2.24, 2.45) is 0 Å². The highest BCUT2D eigenvalue weighted by Crippen LogP contribution is 2.30. The van der Waals surface area contributed by atoms with E-state index in [9.17, 15) is 0 Å². The maximum Gasteiger partial charge on any atom is 0.0939 e. The Hall–Kier alpha value is -1.39. The summed E-state index contributed by atoms with van der Waals surface area (Å²) in [5.41, 5.74) is 3.15. The highest BCUT2D eigenvalue weighted by molar-refractivity contribution is 6.31. The van der Waals surface area contributed by atoms with E-state index in [1.54, 1.807) is 6.20 Å². The molecule has 0 fully saturated rings. The van der Waals surface area contributed by atoms with E-state index in [1.807, 2.05) is 16.9 Å². The van der Waals surface area contributed by atoms with Crippen LogP contribution in [0.5, 0.6) is 0 Å². The highest BCUT2D eigenvalue weighted by atomic mass is 35.5. The average molecular weight is 307 g/mol. The Morgan fingerprint density at radius 2 is 2.14 bits per heavy atom. The first-order chi connectivity index (χ1) is 10.1. The van der Waals surface area contributed by atoms with E-state index in [-0.39, 0.29) is 12.1 Å². The molecule has 0 spiro atoms. The highest BCUT2D eigenvalue weighted by Gasteiger charge is 2.25. The number of rotatable bonds is 6. The molecule has 2 heterocycles. The topological polar surface area (TPSA) is 42.7 Å². The maximum atomic E-state index is 6.41. The lowest BCUT2D eigenvalue weighted by molar-refractivity contribution is 0.467. The Morgan fingerprint density at radius 1 is 1.38 bits per heavy atom. The Labute approximate surface area is 131 Å². The number of halogens is 1. The van der Waals surface area contributed by atoms with Crippen molar-refractivity contribution in [3.05, 3.63) is 46.5 Å². The van der Waals surface area contributed by atoms with Gasteiger partial charge in [-0.1, -0.05) is 24.6 Å². The first-order valence-corrected chi connectivity index (χ1v) is 7.81. The van der Waals surface area contributed by atoms with Crippen molar-refractivity contribution >= 4 is 11.6 Å². The second-order valence-corrected chi connectivity index (χ2v) is 5.92. The van der Waals surface area contributed by atoms with Gasteiger partial charge < -0.3 is 5.32 Å². The predicted octanol–water partition coefficient (Wildman–Crippen LogP) is 3.91. The van der Waals surface area contributed by atoms with Crippen LogP contribution in [0.3, 0.4) is 0 Å². The summed E-state index contributed by atoms with van der Waals surface area (Å²) < 4.78 is 1.98. The minimum Gasteiger partial charge on any atom is -0.304 e. The van der Waals surface area contributed by atoms with Gasteiger partial charge in [0.25, 0.3) is 0 Å². The Morgan fingerprint density at radius 3 is 2.76 bits per heavy atom. The number of aryl methyl sites for hydroxylation is 1. The zero-order chi connectivity index (χ0) is 15.4. The average Bonchev–Trinajstić information content (AvgIpc) is 2.83. The number of nitrogens with zero attached hydrogens (tertiary/aromatic N) is 3. The van der Waals surface area contributed by atoms with Crippen molar-refractivity contribution in [3.8, 4) is 0 Å². The van der Waals surface area contributed by atoms with Crippen LogP contribution in [0.1, 0.15) is 56.2 Å². The fourth-order valence-electron chi connectivity index (χ4n) is 2.44. The molecule has 2 aromatic heterocycles. The van der Waals surface area contributed by atoms with Crippen molar-refractivity contribution in [3.63, 3.8) is 0 Å². The van der Waals surface area contributed by atoms with Crippen molar-refractivity contribution in [2.75, 3.05) is 6.54 Å². The Kier molecular flexibility index (Phi) is 5.37. The van der Waals surface area contributed by atoms with Crippen LogP contribution >= 0.6 is 11.6 Å². The summed E-state index contributed by atoms with van der Waals surface area (Å²) in [6.07, 6.45) is 4.60. The van der Waals surface area contributed by atoms with E-state index in [4.69, 9.17) is 11.6 Å². The van der Waals surface area contributed by atoms with Crippen molar-refractivity contribution in [1.29, 1.82) is 0 Å². The van der Waals surface area contributed by atoms with Gasteiger partial charge in [0.15, 0.2) is 0 Å². The number of pyridine rings is 1. The lowest BCUT2D eigenvalue weighted by atomic mass is 10.0. The minimum absolute atomic E-state index is 0.0384. The van der Waals surface area contributed by atoms with Gasteiger partial charge in [-0.2, -0.15) is 5.10 Å². The fraction of sp³-hybridized carbons (Fsp3) is 0.500. The van der Waals surface area contributed by atoms with Gasteiger partial charge in [-0.15, -0.1) is 0 Å². The molecule has 5 heteroatoms. The van der Waals surface area contributed by atoms with E-state index in [2.05, 4.69) is 49.2 Å². The zero-order valence-corrected chi connectivity index (χ0v) is 13.9. The third kappa shape index (κ3) is 3.44. The van der Waals surface area contributed by atoms with Gasteiger partial charge in [0, 0.05) is 12.2 Å². The molecule has 0 aliphatic heterocycles. The molecule has 2 aromatic rings. The lowest BCUT2D eigenvalue weighted by Crippen LogP contribution is -2.28. The number of hydrogen-bond acceptors (Lipinski definition) is 3. The second-order valence-electron chi connectivity index (χ2n) is 5.51. The molecule has 0 radical (unpaired) electrons. The van der Waals surface area contributed by atoms with Crippen molar-refractivity contribution in [2.45, 2.75) is 46.2 Å². The van der Waals surface area contributed by atoms with Gasteiger partial charge >= 0.3 is 0 Å². The molecule has 0 aliphatic rings. The molecule has 114 valence electrons. The third-order valence-corrected chi connectivity index (χ3v) is 3.76. The van der Waals surface area contributed by atoms with Crippen molar-refractivity contribution in [1.82, 2.24) is 20.1 Å². The van der Waals surface area contributed by atoms with Crippen LogP contribution in [0.15, 0.2) is 24.5 Å². The molecule has 1 atom stereocenters. The van der Waals surface area contributed by atoms with Crippen LogP contribution in [0.4, 0.5) is 0 Å². The predicted molar refractivity (Wildman–Crippen MR) is 86.7 cm³/mol. The van der Waals surface area contributed by atoms with Crippen molar-refractivity contribution < 1.29 is 0 Å². The number of hydrogen-bond donors (Lipinski definition) is 1. The van der Waals surface area contributed by atoms with Gasteiger partial charge in [0.2, 0.25) is 0 Å². The Balaban J connectivity index is 2.51. The quantitative estimate of drug-likeness (QED) is 0.880.